The van der Waals surface area contributed by atoms with E-state index in [0.717, 1.165) is 25.5 Å². The summed E-state index contributed by atoms with van der Waals surface area (Å²) in [6.07, 6.45) is 2.37. The molecule has 0 N–H and O–H groups in total. The number of imidazole rings is 1. The average Bonchev–Trinajstić information content (AvgIpc) is 2.79. The zero-order valence-electron chi connectivity index (χ0n) is 10.9. The van der Waals surface area contributed by atoms with E-state index in [1.54, 1.807) is 0 Å². The second-order valence-electron chi connectivity index (χ2n) is 4.96. The second-order valence-corrected chi connectivity index (χ2v) is 5.34. The van der Waals surface area contributed by atoms with Crippen LogP contribution < -0.4 is 0 Å². The van der Waals surface area contributed by atoms with Gasteiger partial charge in [-0.3, -0.25) is 0 Å². The topological polar surface area (TPSA) is 27.1 Å². The summed E-state index contributed by atoms with van der Waals surface area (Å²) in [4.78, 5) is 4.30. The number of ether oxygens (including phenoxy) is 1. The monoisotopic (exact) mass is 300 g/mol. The first-order valence-corrected chi connectivity index (χ1v) is 7.23. The first-order valence-electron chi connectivity index (χ1n) is 6.70. The van der Waals surface area contributed by atoms with Crippen molar-refractivity contribution < 1.29 is 13.5 Å². The van der Waals surface area contributed by atoms with E-state index >= 15 is 0 Å². The van der Waals surface area contributed by atoms with Crippen LogP contribution in [0.15, 0.2) is 12.1 Å². The van der Waals surface area contributed by atoms with E-state index in [4.69, 9.17) is 16.3 Å². The lowest BCUT2D eigenvalue weighted by molar-refractivity contribution is 0.0596. The number of fused-ring (bicyclic) bond motifs is 1. The summed E-state index contributed by atoms with van der Waals surface area (Å²) >= 11 is 5.79. The van der Waals surface area contributed by atoms with Crippen LogP contribution in [-0.2, 0) is 11.2 Å². The van der Waals surface area contributed by atoms with Gasteiger partial charge in [0.2, 0.25) is 0 Å². The Morgan fingerprint density at radius 1 is 1.40 bits per heavy atom. The highest BCUT2D eigenvalue weighted by Crippen LogP contribution is 2.29. The number of benzene rings is 1. The molecule has 0 bridgehead atoms. The predicted molar refractivity (Wildman–Crippen MR) is 73.2 cm³/mol. The molecule has 1 aliphatic heterocycles. The summed E-state index contributed by atoms with van der Waals surface area (Å²) in [5.74, 6) is -0.146. The Hall–Kier alpha value is -1.20. The van der Waals surface area contributed by atoms with Gasteiger partial charge in [0.15, 0.2) is 5.82 Å². The molecule has 1 aromatic carbocycles. The lowest BCUT2D eigenvalue weighted by atomic mass is 10.1. The van der Waals surface area contributed by atoms with Gasteiger partial charge in [-0.25, -0.2) is 13.8 Å². The molecule has 0 spiro atoms. The summed E-state index contributed by atoms with van der Waals surface area (Å²) in [6, 6.07) is 2.26. The van der Waals surface area contributed by atoms with E-state index in [2.05, 4.69) is 4.98 Å². The van der Waals surface area contributed by atoms with E-state index in [1.165, 1.54) is 6.07 Å². The standard InChI is InChI=1S/C14H15ClF2N2O/c15-4-3-13-18-14-11(17)6-9(16)7-12(14)19(13)10-2-1-5-20-8-10/h6-7,10H,1-5,8H2. The van der Waals surface area contributed by atoms with Gasteiger partial charge in [0.25, 0.3) is 0 Å². The van der Waals surface area contributed by atoms with Gasteiger partial charge in [-0.1, -0.05) is 0 Å². The van der Waals surface area contributed by atoms with Crippen molar-refractivity contribution >= 4 is 22.6 Å². The zero-order chi connectivity index (χ0) is 14.1. The number of aryl methyl sites for hydroxylation is 1. The Labute approximate surface area is 120 Å². The van der Waals surface area contributed by atoms with Crippen LogP contribution in [0, 0.1) is 11.6 Å². The SMILES string of the molecule is Fc1cc(F)c2nc(CCCl)n(C3CCCOC3)c2c1. The Balaban J connectivity index is 2.17. The van der Waals surface area contributed by atoms with Crippen molar-refractivity contribution in [3.8, 4) is 0 Å². The molecule has 2 aromatic rings. The normalized spacial score (nSPS) is 19.6. The molecule has 6 heteroatoms. The minimum absolute atomic E-state index is 0.0631. The number of alkyl halides is 1. The van der Waals surface area contributed by atoms with Gasteiger partial charge in [-0.2, -0.15) is 0 Å². The van der Waals surface area contributed by atoms with Crippen molar-refractivity contribution in [1.82, 2.24) is 9.55 Å². The number of nitrogens with zero attached hydrogens (tertiary/aromatic N) is 2. The highest BCUT2D eigenvalue weighted by molar-refractivity contribution is 6.17. The molecule has 1 unspecified atom stereocenters. The highest BCUT2D eigenvalue weighted by atomic mass is 35.5. The van der Waals surface area contributed by atoms with Crippen LogP contribution in [0.25, 0.3) is 11.0 Å². The maximum Gasteiger partial charge on any atom is 0.153 e. The number of hydrogen-bond donors (Lipinski definition) is 0. The molecule has 0 saturated carbocycles. The number of hydrogen-bond acceptors (Lipinski definition) is 2. The molecular formula is C14H15ClF2N2O. The third-order valence-electron chi connectivity index (χ3n) is 3.61. The maximum atomic E-state index is 13.9. The van der Waals surface area contributed by atoms with Crippen LogP contribution in [-0.4, -0.2) is 28.6 Å². The average molecular weight is 301 g/mol. The van der Waals surface area contributed by atoms with Gasteiger partial charge < -0.3 is 9.30 Å². The Bertz CT molecular complexity index is 623. The van der Waals surface area contributed by atoms with Crippen molar-refractivity contribution in [3.63, 3.8) is 0 Å². The summed E-state index contributed by atoms with van der Waals surface area (Å²) in [7, 11) is 0. The molecule has 3 rings (SSSR count). The van der Waals surface area contributed by atoms with Crippen molar-refractivity contribution in [2.75, 3.05) is 19.1 Å². The molecule has 108 valence electrons. The fourth-order valence-electron chi connectivity index (χ4n) is 2.76. The largest absolute Gasteiger partial charge is 0.379 e. The molecule has 1 aliphatic rings. The Morgan fingerprint density at radius 3 is 2.95 bits per heavy atom. The van der Waals surface area contributed by atoms with Crippen LogP contribution in [0.5, 0.6) is 0 Å². The molecule has 1 saturated heterocycles. The van der Waals surface area contributed by atoms with E-state index in [9.17, 15) is 8.78 Å². The first-order chi connectivity index (χ1) is 9.70. The molecule has 20 heavy (non-hydrogen) atoms. The lowest BCUT2D eigenvalue weighted by Gasteiger charge is -2.25. The van der Waals surface area contributed by atoms with Crippen LogP contribution in [0.3, 0.4) is 0 Å². The van der Waals surface area contributed by atoms with Gasteiger partial charge in [0, 0.05) is 25.0 Å². The van der Waals surface area contributed by atoms with E-state index in [1.807, 2.05) is 4.57 Å². The van der Waals surface area contributed by atoms with Crippen LogP contribution >= 0.6 is 11.6 Å². The van der Waals surface area contributed by atoms with Gasteiger partial charge in [0.1, 0.15) is 17.2 Å². The van der Waals surface area contributed by atoms with E-state index in [-0.39, 0.29) is 11.6 Å². The van der Waals surface area contributed by atoms with E-state index < -0.39 is 11.6 Å². The van der Waals surface area contributed by atoms with Crippen molar-refractivity contribution in [3.05, 3.63) is 29.6 Å². The van der Waals surface area contributed by atoms with Crippen molar-refractivity contribution in [2.45, 2.75) is 25.3 Å². The predicted octanol–water partition coefficient (Wildman–Crippen LogP) is 3.45. The zero-order valence-corrected chi connectivity index (χ0v) is 11.7. The first kappa shape index (κ1) is 13.8. The third-order valence-corrected chi connectivity index (χ3v) is 3.80. The molecule has 0 aliphatic carbocycles. The fourth-order valence-corrected chi connectivity index (χ4v) is 2.93. The number of halogens is 3. The van der Waals surface area contributed by atoms with Gasteiger partial charge in [0.05, 0.1) is 18.2 Å². The maximum absolute atomic E-state index is 13.9. The minimum atomic E-state index is -0.633. The van der Waals surface area contributed by atoms with Crippen LogP contribution in [0.2, 0.25) is 0 Å². The molecular weight excluding hydrogens is 286 g/mol. The van der Waals surface area contributed by atoms with Gasteiger partial charge in [-0.05, 0) is 18.9 Å². The molecule has 0 amide bonds. The molecule has 2 heterocycles. The lowest BCUT2D eigenvalue weighted by Crippen LogP contribution is -2.23. The quantitative estimate of drug-likeness (QED) is 0.812. The fraction of sp³-hybridized carbons (Fsp3) is 0.500. The minimum Gasteiger partial charge on any atom is -0.379 e. The number of aromatic nitrogens is 2. The summed E-state index contributed by atoms with van der Waals surface area (Å²) < 4.78 is 34.7. The van der Waals surface area contributed by atoms with Gasteiger partial charge in [-0.15, -0.1) is 11.6 Å². The summed E-state index contributed by atoms with van der Waals surface area (Å²) in [6.45, 7) is 1.27. The highest BCUT2D eigenvalue weighted by Gasteiger charge is 2.23. The van der Waals surface area contributed by atoms with Crippen LogP contribution in [0.4, 0.5) is 8.78 Å². The second kappa shape index (κ2) is 5.66. The Morgan fingerprint density at radius 2 is 2.25 bits per heavy atom. The van der Waals surface area contributed by atoms with E-state index in [0.29, 0.717) is 30.2 Å². The molecule has 1 aromatic heterocycles. The molecule has 1 fully saturated rings. The smallest absolute Gasteiger partial charge is 0.153 e. The van der Waals surface area contributed by atoms with Crippen molar-refractivity contribution in [1.29, 1.82) is 0 Å². The Kier molecular flexibility index (Phi) is 3.89. The third kappa shape index (κ3) is 2.40. The molecule has 3 nitrogen and oxygen atoms in total. The summed E-state index contributed by atoms with van der Waals surface area (Å²) in [5.41, 5.74) is 0.690. The summed E-state index contributed by atoms with van der Waals surface area (Å²) in [5, 5.41) is 0. The van der Waals surface area contributed by atoms with Crippen LogP contribution in [0.1, 0.15) is 24.7 Å². The molecule has 1 atom stereocenters. The van der Waals surface area contributed by atoms with Gasteiger partial charge >= 0.3 is 0 Å². The van der Waals surface area contributed by atoms with Crippen molar-refractivity contribution in [2.24, 2.45) is 0 Å². The molecule has 0 radical (unpaired) electrons. The number of rotatable bonds is 3.